The maximum absolute atomic E-state index is 11.3. The van der Waals surface area contributed by atoms with E-state index >= 15 is 0 Å². The van der Waals surface area contributed by atoms with E-state index in [1.54, 1.807) is 0 Å². The van der Waals surface area contributed by atoms with Crippen molar-refractivity contribution < 1.29 is 33.3 Å². The van der Waals surface area contributed by atoms with Gasteiger partial charge in [-0.25, -0.2) is 0 Å². The Labute approximate surface area is 137 Å². The normalized spacial score (nSPS) is 29.8. The van der Waals surface area contributed by atoms with Crippen molar-refractivity contribution in [2.24, 2.45) is 5.11 Å². The molecule has 0 unspecified atom stereocenters. The lowest BCUT2D eigenvalue weighted by molar-refractivity contribution is -0.208. The lowest BCUT2D eigenvalue weighted by Crippen LogP contribution is -2.59. The quantitative estimate of drug-likeness (QED) is 0.193. The van der Waals surface area contributed by atoms with Gasteiger partial charge in [0.1, 0.15) is 24.2 Å². The second-order valence-electron chi connectivity index (χ2n) is 4.71. The van der Waals surface area contributed by atoms with Crippen LogP contribution < -0.4 is 0 Å². The number of carbonyl (C=O) groups excluding carboxylic acids is 3. The smallest absolute Gasteiger partial charge is 0.303 e. The standard InChI is InChI=1S/C12H17N3O7S/c1-5(16)19-4-8-10(20-6(2)17)11(21-7(3)18)9(14-15-13)12(23)22-8/h8-12,23H,4H2,1-3H3/t8-,9-,10+,11-,12+/m1/s1. The van der Waals surface area contributed by atoms with E-state index in [0.29, 0.717) is 0 Å². The Morgan fingerprint density at radius 2 is 1.70 bits per heavy atom. The van der Waals surface area contributed by atoms with Crippen molar-refractivity contribution in [2.45, 2.75) is 50.6 Å². The van der Waals surface area contributed by atoms with Crippen LogP contribution >= 0.6 is 12.6 Å². The summed E-state index contributed by atoms with van der Waals surface area (Å²) in [5, 5.41) is 3.49. The van der Waals surface area contributed by atoms with Crippen LogP contribution in [0.3, 0.4) is 0 Å². The fourth-order valence-electron chi connectivity index (χ4n) is 2.08. The van der Waals surface area contributed by atoms with E-state index in [0.717, 1.165) is 13.8 Å². The summed E-state index contributed by atoms with van der Waals surface area (Å²) in [5.41, 5.74) is 7.71. The maximum Gasteiger partial charge on any atom is 0.303 e. The van der Waals surface area contributed by atoms with Crippen molar-refractivity contribution in [1.29, 1.82) is 0 Å². The molecule has 0 aromatic heterocycles. The van der Waals surface area contributed by atoms with Crippen LogP contribution in [-0.4, -0.2) is 54.3 Å². The molecule has 1 heterocycles. The highest BCUT2D eigenvalue weighted by Crippen LogP contribution is 2.30. The predicted octanol–water partition coefficient (Wildman–Crippen LogP) is 0.746. The number of nitrogens with zero attached hydrogens (tertiary/aromatic N) is 3. The molecule has 5 atom stereocenters. The second kappa shape index (κ2) is 8.61. The van der Waals surface area contributed by atoms with Gasteiger partial charge in [-0.05, 0) is 5.53 Å². The Hall–Kier alpha value is -1.97. The summed E-state index contributed by atoms with van der Waals surface area (Å²) in [5.74, 6) is -1.90. The van der Waals surface area contributed by atoms with Crippen molar-refractivity contribution in [3.8, 4) is 0 Å². The molecule has 0 aromatic rings. The van der Waals surface area contributed by atoms with E-state index in [1.165, 1.54) is 6.92 Å². The lowest BCUT2D eigenvalue weighted by Gasteiger charge is -2.42. The molecule has 0 spiro atoms. The molecule has 0 saturated carbocycles. The van der Waals surface area contributed by atoms with Crippen LogP contribution in [0.2, 0.25) is 0 Å². The molecule has 1 aliphatic rings. The van der Waals surface area contributed by atoms with E-state index in [1.807, 2.05) is 0 Å². The first-order valence-corrected chi connectivity index (χ1v) is 7.13. The monoisotopic (exact) mass is 347 g/mol. The molecule has 0 bridgehead atoms. The van der Waals surface area contributed by atoms with Crippen molar-refractivity contribution in [1.82, 2.24) is 0 Å². The number of azide groups is 1. The number of esters is 3. The second-order valence-corrected chi connectivity index (χ2v) is 5.22. The van der Waals surface area contributed by atoms with Crippen LogP contribution in [-0.2, 0) is 33.3 Å². The Morgan fingerprint density at radius 3 is 2.17 bits per heavy atom. The van der Waals surface area contributed by atoms with Crippen LogP contribution in [0, 0.1) is 0 Å². The van der Waals surface area contributed by atoms with Crippen LogP contribution in [0.25, 0.3) is 10.4 Å². The number of hydrogen-bond acceptors (Lipinski definition) is 9. The molecule has 0 N–H and O–H groups in total. The van der Waals surface area contributed by atoms with Crippen LogP contribution in [0.5, 0.6) is 0 Å². The minimum absolute atomic E-state index is 0.245. The number of thiol groups is 1. The van der Waals surface area contributed by atoms with Gasteiger partial charge in [0.05, 0.1) is 0 Å². The fourth-order valence-corrected chi connectivity index (χ4v) is 2.47. The molecule has 11 heteroatoms. The minimum Gasteiger partial charge on any atom is -0.463 e. The third-order valence-electron chi connectivity index (χ3n) is 2.87. The van der Waals surface area contributed by atoms with Gasteiger partial charge >= 0.3 is 17.9 Å². The zero-order chi connectivity index (χ0) is 17.6. The Morgan fingerprint density at radius 1 is 1.13 bits per heavy atom. The van der Waals surface area contributed by atoms with E-state index in [2.05, 4.69) is 22.7 Å². The zero-order valence-corrected chi connectivity index (χ0v) is 13.6. The summed E-state index contributed by atoms with van der Waals surface area (Å²) in [7, 11) is 0. The molecule has 10 nitrogen and oxygen atoms in total. The van der Waals surface area contributed by atoms with Gasteiger partial charge in [-0.2, -0.15) is 0 Å². The van der Waals surface area contributed by atoms with Crippen LogP contribution in [0.4, 0.5) is 0 Å². The highest BCUT2D eigenvalue weighted by atomic mass is 32.1. The molecule has 0 amide bonds. The highest BCUT2D eigenvalue weighted by Gasteiger charge is 2.49. The first-order chi connectivity index (χ1) is 10.8. The molecule has 1 fully saturated rings. The molecule has 1 aliphatic heterocycles. The topological polar surface area (TPSA) is 137 Å². The summed E-state index contributed by atoms with van der Waals surface area (Å²) in [4.78, 5) is 36.3. The summed E-state index contributed by atoms with van der Waals surface area (Å²) in [6, 6.07) is -1.02. The fraction of sp³-hybridized carbons (Fsp3) is 0.750. The summed E-state index contributed by atoms with van der Waals surface area (Å²) >= 11 is 4.15. The van der Waals surface area contributed by atoms with Gasteiger partial charge in [-0.3, -0.25) is 14.4 Å². The summed E-state index contributed by atoms with van der Waals surface area (Å²) in [6.07, 6.45) is -3.17. The van der Waals surface area contributed by atoms with Crippen LogP contribution in [0.15, 0.2) is 5.11 Å². The largest absolute Gasteiger partial charge is 0.463 e. The molecule has 0 radical (unpaired) electrons. The predicted molar refractivity (Wildman–Crippen MR) is 78.3 cm³/mol. The average molecular weight is 347 g/mol. The van der Waals surface area contributed by atoms with Crippen molar-refractivity contribution in [3.63, 3.8) is 0 Å². The third kappa shape index (κ3) is 5.62. The van der Waals surface area contributed by atoms with Gasteiger partial charge in [0.2, 0.25) is 0 Å². The summed E-state index contributed by atoms with van der Waals surface area (Å²) in [6.45, 7) is 3.27. The number of rotatable bonds is 5. The van der Waals surface area contributed by atoms with Gasteiger partial charge in [0.15, 0.2) is 12.2 Å². The number of carbonyl (C=O) groups is 3. The molecule has 23 heavy (non-hydrogen) atoms. The zero-order valence-electron chi connectivity index (χ0n) is 12.7. The Kier molecular flexibility index (Phi) is 7.14. The van der Waals surface area contributed by atoms with Crippen molar-refractivity contribution in [3.05, 3.63) is 10.4 Å². The molecule has 128 valence electrons. The average Bonchev–Trinajstić information content (AvgIpc) is 2.42. The van der Waals surface area contributed by atoms with E-state index in [-0.39, 0.29) is 6.61 Å². The summed E-state index contributed by atoms with van der Waals surface area (Å²) < 4.78 is 20.6. The highest BCUT2D eigenvalue weighted by molar-refractivity contribution is 7.80. The minimum atomic E-state index is -1.12. The third-order valence-corrected chi connectivity index (χ3v) is 3.30. The van der Waals surface area contributed by atoms with Gasteiger partial charge in [0, 0.05) is 25.7 Å². The van der Waals surface area contributed by atoms with E-state index in [9.17, 15) is 14.4 Å². The Balaban J connectivity index is 3.11. The first-order valence-electron chi connectivity index (χ1n) is 6.61. The molecule has 1 rings (SSSR count). The van der Waals surface area contributed by atoms with Gasteiger partial charge in [0.25, 0.3) is 0 Å². The Bertz CT molecular complexity index is 523. The van der Waals surface area contributed by atoms with E-state index < -0.39 is 47.7 Å². The van der Waals surface area contributed by atoms with Crippen molar-refractivity contribution in [2.75, 3.05) is 6.61 Å². The molecular formula is C12H17N3O7S. The molecule has 0 aliphatic carbocycles. The number of ether oxygens (including phenoxy) is 4. The van der Waals surface area contributed by atoms with Crippen LogP contribution in [0.1, 0.15) is 20.8 Å². The molecule has 0 aromatic carbocycles. The van der Waals surface area contributed by atoms with Gasteiger partial charge < -0.3 is 18.9 Å². The SMILES string of the molecule is CC(=O)OC[C@H]1O[C@@H](S)[C@H](N=[N+]=[N-])[C@@H](OC(C)=O)[C@H]1OC(C)=O. The first kappa shape index (κ1) is 19.1. The van der Waals surface area contributed by atoms with Gasteiger partial charge in [-0.15, -0.1) is 12.6 Å². The number of hydrogen-bond donors (Lipinski definition) is 1. The van der Waals surface area contributed by atoms with Crippen molar-refractivity contribution >= 4 is 30.5 Å². The lowest BCUT2D eigenvalue weighted by atomic mass is 9.98. The maximum atomic E-state index is 11.3. The molecule has 1 saturated heterocycles. The molecular weight excluding hydrogens is 330 g/mol. The van der Waals surface area contributed by atoms with Gasteiger partial charge in [-0.1, -0.05) is 5.11 Å². The van der Waals surface area contributed by atoms with E-state index in [4.69, 9.17) is 24.5 Å².